The Morgan fingerprint density at radius 3 is 2.43 bits per heavy atom. The monoisotopic (exact) mass is 472 g/mol. The highest BCUT2D eigenvalue weighted by molar-refractivity contribution is 6.04. The molecule has 0 saturated carbocycles. The average Bonchev–Trinajstić information content (AvgIpc) is 3.39. The van der Waals surface area contributed by atoms with Crippen molar-refractivity contribution in [3.63, 3.8) is 0 Å². The maximum atomic E-state index is 12.9. The van der Waals surface area contributed by atoms with Gasteiger partial charge >= 0.3 is 0 Å². The lowest BCUT2D eigenvalue weighted by molar-refractivity contribution is 0.102. The normalized spacial score (nSPS) is 10.9. The van der Waals surface area contributed by atoms with Gasteiger partial charge < -0.3 is 24.1 Å². The highest BCUT2D eigenvalue weighted by atomic mass is 16.5. The summed E-state index contributed by atoms with van der Waals surface area (Å²) in [5, 5.41) is 10.6. The molecule has 0 bridgehead atoms. The summed E-state index contributed by atoms with van der Waals surface area (Å²) >= 11 is 0. The number of ether oxygens (including phenoxy) is 2. The van der Waals surface area contributed by atoms with Gasteiger partial charge in [0, 0.05) is 29.4 Å². The molecule has 0 atom stereocenters. The van der Waals surface area contributed by atoms with Crippen molar-refractivity contribution in [2.75, 3.05) is 39.7 Å². The van der Waals surface area contributed by atoms with Crippen molar-refractivity contribution >= 4 is 11.6 Å². The first kappa shape index (κ1) is 24.0. The van der Waals surface area contributed by atoms with Crippen LogP contribution in [-0.2, 0) is 0 Å². The lowest BCUT2D eigenvalue weighted by Gasteiger charge is -2.15. The van der Waals surface area contributed by atoms with E-state index in [-0.39, 0.29) is 5.91 Å². The Labute approximate surface area is 204 Å². The number of carbonyl (C=O) groups excluding carboxylic acids is 1. The Morgan fingerprint density at radius 2 is 1.77 bits per heavy atom. The van der Waals surface area contributed by atoms with Crippen LogP contribution in [0.2, 0.25) is 0 Å². The van der Waals surface area contributed by atoms with Gasteiger partial charge in [0.25, 0.3) is 5.91 Å². The lowest BCUT2D eigenvalue weighted by atomic mass is 9.97. The second kappa shape index (κ2) is 10.8. The molecular weight excluding hydrogens is 444 g/mol. The Balaban J connectivity index is 1.46. The summed E-state index contributed by atoms with van der Waals surface area (Å²) in [5.74, 6) is 1.48. The van der Waals surface area contributed by atoms with Crippen molar-refractivity contribution in [1.29, 1.82) is 0 Å². The number of anilines is 1. The number of hydrogen-bond acceptors (Lipinski definition) is 7. The lowest BCUT2D eigenvalue weighted by Crippen LogP contribution is -2.19. The summed E-state index contributed by atoms with van der Waals surface area (Å²) in [4.78, 5) is 14.9. The molecule has 0 aliphatic carbocycles. The Morgan fingerprint density at radius 1 is 1.00 bits per heavy atom. The smallest absolute Gasteiger partial charge is 0.255 e. The fourth-order valence-corrected chi connectivity index (χ4v) is 3.63. The molecule has 1 aromatic heterocycles. The molecule has 3 aromatic carbocycles. The standard InChI is InChI=1S/C27H28N4O4/c1-18-15-21(27-30-28-17-35-27)9-11-23(18)19-5-7-20(8-6-19)26(32)29-22-10-12-24(33-4)25(16-22)34-14-13-31(2)3/h5-12,15-17H,13-14H2,1-4H3,(H,29,32). The Hall–Kier alpha value is -4.17. The van der Waals surface area contributed by atoms with E-state index in [4.69, 9.17) is 13.9 Å². The van der Waals surface area contributed by atoms with Gasteiger partial charge in [-0.15, -0.1) is 10.2 Å². The zero-order chi connectivity index (χ0) is 24.8. The molecule has 0 aliphatic rings. The number of carbonyl (C=O) groups is 1. The molecule has 4 aromatic rings. The second-order valence-electron chi connectivity index (χ2n) is 8.32. The minimum atomic E-state index is -0.204. The number of aryl methyl sites for hydroxylation is 1. The van der Waals surface area contributed by atoms with Crippen molar-refractivity contribution in [3.8, 4) is 34.1 Å². The largest absolute Gasteiger partial charge is 0.493 e. The zero-order valence-corrected chi connectivity index (χ0v) is 20.2. The van der Waals surface area contributed by atoms with Crippen molar-refractivity contribution in [3.05, 3.63) is 78.2 Å². The molecule has 180 valence electrons. The molecule has 8 heteroatoms. The van der Waals surface area contributed by atoms with Crippen LogP contribution in [0.1, 0.15) is 15.9 Å². The number of rotatable bonds is 9. The number of amides is 1. The fraction of sp³-hybridized carbons (Fsp3) is 0.222. The van der Waals surface area contributed by atoms with E-state index in [9.17, 15) is 4.79 Å². The SMILES string of the molecule is COc1ccc(NC(=O)c2ccc(-c3ccc(-c4nnco4)cc3C)cc2)cc1OCCN(C)C. The molecule has 0 spiro atoms. The van der Waals surface area contributed by atoms with Gasteiger partial charge in [0.05, 0.1) is 7.11 Å². The maximum absolute atomic E-state index is 12.9. The van der Waals surface area contributed by atoms with E-state index in [0.29, 0.717) is 35.2 Å². The highest BCUT2D eigenvalue weighted by Gasteiger charge is 2.12. The van der Waals surface area contributed by atoms with Crippen molar-refractivity contribution in [1.82, 2.24) is 15.1 Å². The number of benzene rings is 3. The van der Waals surface area contributed by atoms with Gasteiger partial charge in [-0.2, -0.15) is 0 Å². The van der Waals surface area contributed by atoms with Gasteiger partial charge in [-0.1, -0.05) is 18.2 Å². The van der Waals surface area contributed by atoms with E-state index in [1.807, 2.05) is 68.4 Å². The minimum absolute atomic E-state index is 0.204. The van der Waals surface area contributed by atoms with Crippen LogP contribution in [0.25, 0.3) is 22.6 Å². The predicted octanol–water partition coefficient (Wildman–Crippen LogP) is 4.91. The van der Waals surface area contributed by atoms with Gasteiger partial charge in [-0.25, -0.2) is 0 Å². The molecular formula is C27H28N4O4. The third-order valence-electron chi connectivity index (χ3n) is 5.51. The minimum Gasteiger partial charge on any atom is -0.493 e. The third-order valence-corrected chi connectivity index (χ3v) is 5.51. The predicted molar refractivity (Wildman–Crippen MR) is 135 cm³/mol. The first-order valence-corrected chi connectivity index (χ1v) is 11.2. The summed E-state index contributed by atoms with van der Waals surface area (Å²) in [6, 6.07) is 18.8. The van der Waals surface area contributed by atoms with E-state index < -0.39 is 0 Å². The van der Waals surface area contributed by atoms with E-state index in [1.165, 1.54) is 6.39 Å². The Bertz CT molecular complexity index is 1290. The quantitative estimate of drug-likeness (QED) is 0.370. The zero-order valence-electron chi connectivity index (χ0n) is 20.2. The van der Waals surface area contributed by atoms with Crippen LogP contribution >= 0.6 is 0 Å². The molecule has 4 rings (SSSR count). The summed E-state index contributed by atoms with van der Waals surface area (Å²) in [7, 11) is 5.55. The molecule has 0 aliphatic heterocycles. The molecule has 8 nitrogen and oxygen atoms in total. The highest BCUT2D eigenvalue weighted by Crippen LogP contribution is 2.31. The molecule has 0 unspecified atom stereocenters. The van der Waals surface area contributed by atoms with Crippen LogP contribution < -0.4 is 14.8 Å². The van der Waals surface area contributed by atoms with E-state index in [1.54, 1.807) is 25.3 Å². The van der Waals surface area contributed by atoms with Crippen molar-refractivity contribution in [2.24, 2.45) is 0 Å². The summed E-state index contributed by atoms with van der Waals surface area (Å²) in [6.45, 7) is 3.31. The number of nitrogens with one attached hydrogen (secondary N) is 1. The van der Waals surface area contributed by atoms with Crippen LogP contribution in [0.5, 0.6) is 11.5 Å². The van der Waals surface area contributed by atoms with E-state index >= 15 is 0 Å². The van der Waals surface area contributed by atoms with E-state index in [0.717, 1.165) is 28.8 Å². The van der Waals surface area contributed by atoms with Crippen LogP contribution in [0.15, 0.2) is 71.5 Å². The first-order chi connectivity index (χ1) is 16.9. The fourth-order valence-electron chi connectivity index (χ4n) is 3.63. The van der Waals surface area contributed by atoms with Crippen LogP contribution in [-0.4, -0.2) is 55.4 Å². The summed E-state index contributed by atoms with van der Waals surface area (Å²) < 4.78 is 16.5. The van der Waals surface area contributed by atoms with Crippen molar-refractivity contribution in [2.45, 2.75) is 6.92 Å². The molecule has 0 saturated heterocycles. The van der Waals surface area contributed by atoms with Gasteiger partial charge in [-0.05, 0) is 74.1 Å². The van der Waals surface area contributed by atoms with Gasteiger partial charge in [0.1, 0.15) is 6.61 Å². The number of likely N-dealkylation sites (N-methyl/N-ethyl adjacent to an activating group) is 1. The number of aromatic nitrogens is 2. The van der Waals surface area contributed by atoms with Crippen molar-refractivity contribution < 1.29 is 18.7 Å². The van der Waals surface area contributed by atoms with Gasteiger partial charge in [0.15, 0.2) is 11.5 Å². The average molecular weight is 473 g/mol. The maximum Gasteiger partial charge on any atom is 0.255 e. The second-order valence-corrected chi connectivity index (χ2v) is 8.32. The Kier molecular flexibility index (Phi) is 7.42. The summed E-state index contributed by atoms with van der Waals surface area (Å²) in [5.41, 5.74) is 5.20. The number of hydrogen-bond donors (Lipinski definition) is 1. The summed E-state index contributed by atoms with van der Waals surface area (Å²) in [6.07, 6.45) is 1.31. The molecule has 1 N–H and O–H groups in total. The van der Waals surface area contributed by atoms with E-state index in [2.05, 4.69) is 15.5 Å². The molecule has 1 amide bonds. The first-order valence-electron chi connectivity index (χ1n) is 11.2. The van der Waals surface area contributed by atoms with Gasteiger partial charge in [-0.3, -0.25) is 4.79 Å². The van der Waals surface area contributed by atoms with Crippen LogP contribution in [0.4, 0.5) is 5.69 Å². The molecule has 0 fully saturated rings. The van der Waals surface area contributed by atoms with Crippen LogP contribution in [0, 0.1) is 6.92 Å². The number of nitrogens with zero attached hydrogens (tertiary/aromatic N) is 3. The molecule has 1 heterocycles. The van der Waals surface area contributed by atoms with Crippen LogP contribution in [0.3, 0.4) is 0 Å². The topological polar surface area (TPSA) is 89.7 Å². The third kappa shape index (κ3) is 5.85. The molecule has 35 heavy (non-hydrogen) atoms. The molecule has 0 radical (unpaired) electrons. The van der Waals surface area contributed by atoms with Gasteiger partial charge in [0.2, 0.25) is 12.3 Å². The number of methoxy groups -OCH3 is 1.